The fourth-order valence-electron chi connectivity index (χ4n) is 0.795. The van der Waals surface area contributed by atoms with Crippen LogP contribution in [0.25, 0.3) is 0 Å². The SMILES string of the molecule is C=CN(C=O)C(=O)c1ccccn1. The molecule has 0 aliphatic carbocycles. The van der Waals surface area contributed by atoms with Gasteiger partial charge in [-0.15, -0.1) is 0 Å². The molecule has 1 rings (SSSR count). The molecule has 0 saturated carbocycles. The summed E-state index contributed by atoms with van der Waals surface area (Å²) in [5, 5.41) is 0. The van der Waals surface area contributed by atoms with Gasteiger partial charge in [0.2, 0.25) is 6.41 Å². The lowest BCUT2D eigenvalue weighted by atomic mass is 10.3. The largest absolute Gasteiger partial charge is 0.282 e. The Morgan fingerprint density at radius 1 is 1.54 bits per heavy atom. The van der Waals surface area contributed by atoms with Crippen LogP contribution in [0.3, 0.4) is 0 Å². The Hall–Kier alpha value is -1.97. The van der Waals surface area contributed by atoms with Crippen molar-refractivity contribution in [3.63, 3.8) is 0 Å². The van der Waals surface area contributed by atoms with Gasteiger partial charge < -0.3 is 0 Å². The van der Waals surface area contributed by atoms with Gasteiger partial charge in [0, 0.05) is 12.4 Å². The number of hydrogen-bond donors (Lipinski definition) is 0. The number of pyridine rings is 1. The van der Waals surface area contributed by atoms with Gasteiger partial charge >= 0.3 is 0 Å². The highest BCUT2D eigenvalue weighted by molar-refractivity contribution is 5.99. The Morgan fingerprint density at radius 2 is 2.31 bits per heavy atom. The summed E-state index contributed by atoms with van der Waals surface area (Å²) in [4.78, 5) is 26.4. The molecular weight excluding hydrogens is 168 g/mol. The zero-order chi connectivity index (χ0) is 9.68. The molecule has 0 aliphatic rings. The molecule has 66 valence electrons. The topological polar surface area (TPSA) is 50.3 Å². The number of amides is 2. The first kappa shape index (κ1) is 9.12. The van der Waals surface area contributed by atoms with E-state index in [9.17, 15) is 9.59 Å². The van der Waals surface area contributed by atoms with E-state index in [2.05, 4.69) is 11.6 Å². The van der Waals surface area contributed by atoms with Gasteiger partial charge in [-0.1, -0.05) is 12.6 Å². The molecule has 0 fully saturated rings. The molecule has 0 bridgehead atoms. The number of aromatic nitrogens is 1. The zero-order valence-corrected chi connectivity index (χ0v) is 6.88. The highest BCUT2D eigenvalue weighted by atomic mass is 16.2. The van der Waals surface area contributed by atoms with Crippen LogP contribution in [-0.2, 0) is 4.79 Å². The Bertz CT molecular complexity index is 314. The van der Waals surface area contributed by atoms with Crippen molar-refractivity contribution in [3.8, 4) is 0 Å². The van der Waals surface area contributed by atoms with Crippen LogP contribution in [0, 0.1) is 0 Å². The summed E-state index contributed by atoms with van der Waals surface area (Å²) >= 11 is 0. The molecule has 1 aromatic heterocycles. The molecule has 0 unspecified atom stereocenters. The molecule has 0 radical (unpaired) electrons. The quantitative estimate of drug-likeness (QED) is 0.641. The van der Waals surface area contributed by atoms with Gasteiger partial charge in [0.25, 0.3) is 5.91 Å². The molecule has 4 nitrogen and oxygen atoms in total. The Kier molecular flexibility index (Phi) is 2.92. The van der Waals surface area contributed by atoms with Crippen LogP contribution in [0.2, 0.25) is 0 Å². The van der Waals surface area contributed by atoms with E-state index < -0.39 is 5.91 Å². The minimum atomic E-state index is -0.481. The minimum absolute atomic E-state index is 0.217. The van der Waals surface area contributed by atoms with Crippen molar-refractivity contribution in [2.75, 3.05) is 0 Å². The number of carbonyl (C=O) groups excluding carboxylic acids is 2. The molecule has 0 N–H and O–H groups in total. The van der Waals surface area contributed by atoms with Crippen LogP contribution in [0.15, 0.2) is 37.2 Å². The van der Waals surface area contributed by atoms with Crippen molar-refractivity contribution >= 4 is 12.3 Å². The summed E-state index contributed by atoms with van der Waals surface area (Å²) in [6, 6.07) is 4.89. The standard InChI is InChI=1S/C9H8N2O2/c1-2-11(7-12)9(13)8-5-3-4-6-10-8/h2-7H,1H2. The van der Waals surface area contributed by atoms with Gasteiger partial charge in [-0.05, 0) is 12.1 Å². The van der Waals surface area contributed by atoms with Crippen molar-refractivity contribution in [2.45, 2.75) is 0 Å². The Balaban J connectivity index is 2.90. The van der Waals surface area contributed by atoms with E-state index >= 15 is 0 Å². The van der Waals surface area contributed by atoms with E-state index in [4.69, 9.17) is 0 Å². The number of nitrogens with zero attached hydrogens (tertiary/aromatic N) is 2. The molecule has 1 aromatic rings. The summed E-state index contributed by atoms with van der Waals surface area (Å²) in [6.45, 7) is 3.32. The van der Waals surface area contributed by atoms with Gasteiger partial charge in [0.1, 0.15) is 5.69 Å². The maximum Gasteiger partial charge on any atom is 0.282 e. The van der Waals surface area contributed by atoms with Crippen molar-refractivity contribution in [1.82, 2.24) is 9.88 Å². The van der Waals surface area contributed by atoms with Crippen molar-refractivity contribution in [2.24, 2.45) is 0 Å². The van der Waals surface area contributed by atoms with E-state index in [1.807, 2.05) is 0 Å². The van der Waals surface area contributed by atoms with Gasteiger partial charge in [-0.25, -0.2) is 0 Å². The van der Waals surface area contributed by atoms with Crippen LogP contribution >= 0.6 is 0 Å². The second kappa shape index (κ2) is 4.15. The third-order valence-corrected chi connectivity index (χ3v) is 1.43. The third-order valence-electron chi connectivity index (χ3n) is 1.43. The highest BCUT2D eigenvalue weighted by Crippen LogP contribution is 1.98. The first-order chi connectivity index (χ1) is 6.29. The average molecular weight is 176 g/mol. The number of rotatable bonds is 3. The number of carbonyl (C=O) groups is 2. The summed E-state index contributed by atoms with van der Waals surface area (Å²) in [5.74, 6) is -0.481. The Morgan fingerprint density at radius 3 is 2.77 bits per heavy atom. The van der Waals surface area contributed by atoms with Crippen LogP contribution in [0.5, 0.6) is 0 Å². The molecule has 0 atom stereocenters. The second-order valence-corrected chi connectivity index (χ2v) is 2.22. The number of hydrogen-bond acceptors (Lipinski definition) is 3. The maximum absolute atomic E-state index is 11.4. The van der Waals surface area contributed by atoms with E-state index in [0.29, 0.717) is 6.41 Å². The van der Waals surface area contributed by atoms with Gasteiger partial charge in [-0.3, -0.25) is 19.5 Å². The summed E-state index contributed by atoms with van der Waals surface area (Å²) in [7, 11) is 0. The fourth-order valence-corrected chi connectivity index (χ4v) is 0.795. The molecule has 4 heteroatoms. The van der Waals surface area contributed by atoms with Crippen LogP contribution < -0.4 is 0 Å². The van der Waals surface area contributed by atoms with Gasteiger partial charge in [0.15, 0.2) is 0 Å². The summed E-state index contributed by atoms with van der Waals surface area (Å²) in [5.41, 5.74) is 0.217. The van der Waals surface area contributed by atoms with Crippen LogP contribution in [-0.4, -0.2) is 22.2 Å². The maximum atomic E-state index is 11.4. The van der Waals surface area contributed by atoms with Gasteiger partial charge in [-0.2, -0.15) is 0 Å². The lowest BCUT2D eigenvalue weighted by Gasteiger charge is -2.07. The van der Waals surface area contributed by atoms with E-state index in [-0.39, 0.29) is 5.69 Å². The predicted octanol–water partition coefficient (Wildman–Crippen LogP) is 0.824. The fraction of sp³-hybridized carbons (Fsp3) is 0. The average Bonchev–Trinajstić information content (AvgIpc) is 2.21. The van der Waals surface area contributed by atoms with E-state index in [1.54, 1.807) is 12.1 Å². The predicted molar refractivity (Wildman–Crippen MR) is 46.7 cm³/mol. The van der Waals surface area contributed by atoms with E-state index in [0.717, 1.165) is 11.1 Å². The third kappa shape index (κ3) is 1.99. The monoisotopic (exact) mass is 176 g/mol. The smallest absolute Gasteiger partial charge is 0.278 e. The van der Waals surface area contributed by atoms with Crippen molar-refractivity contribution in [3.05, 3.63) is 42.9 Å². The molecule has 1 heterocycles. The Labute approximate surface area is 75.5 Å². The molecule has 0 spiro atoms. The summed E-state index contributed by atoms with van der Waals surface area (Å²) < 4.78 is 0. The first-order valence-corrected chi connectivity index (χ1v) is 3.61. The van der Waals surface area contributed by atoms with Crippen LogP contribution in [0.4, 0.5) is 0 Å². The normalized spacial score (nSPS) is 8.92. The molecule has 0 aromatic carbocycles. The van der Waals surface area contributed by atoms with Crippen molar-refractivity contribution < 1.29 is 9.59 Å². The second-order valence-electron chi connectivity index (χ2n) is 2.22. The molecule has 2 amide bonds. The minimum Gasteiger partial charge on any atom is -0.278 e. The zero-order valence-electron chi connectivity index (χ0n) is 6.88. The van der Waals surface area contributed by atoms with Gasteiger partial charge in [0.05, 0.1) is 0 Å². The summed E-state index contributed by atoms with van der Waals surface area (Å²) in [6.07, 6.45) is 3.02. The molecule has 13 heavy (non-hydrogen) atoms. The lowest BCUT2D eigenvalue weighted by Crippen LogP contribution is -2.24. The number of imide groups is 1. The lowest BCUT2D eigenvalue weighted by molar-refractivity contribution is -0.114. The first-order valence-electron chi connectivity index (χ1n) is 3.61. The highest BCUT2D eigenvalue weighted by Gasteiger charge is 2.11. The molecule has 0 saturated heterocycles. The van der Waals surface area contributed by atoms with E-state index in [1.165, 1.54) is 12.3 Å². The van der Waals surface area contributed by atoms with Crippen LogP contribution in [0.1, 0.15) is 10.5 Å². The molecule has 0 aliphatic heterocycles. The van der Waals surface area contributed by atoms with Crippen molar-refractivity contribution in [1.29, 1.82) is 0 Å². The molecular formula is C9H8N2O2.